The van der Waals surface area contributed by atoms with Crippen LogP contribution >= 0.6 is 11.6 Å². The first-order chi connectivity index (χ1) is 7.66. The van der Waals surface area contributed by atoms with E-state index >= 15 is 0 Å². The molecule has 3 N–H and O–H groups in total. The maximum absolute atomic E-state index is 5.81. The fourth-order valence-electron chi connectivity index (χ4n) is 1.29. The predicted molar refractivity (Wildman–Crippen MR) is 64.2 cm³/mol. The Bertz CT molecular complexity index is 476. The summed E-state index contributed by atoms with van der Waals surface area (Å²) in [4.78, 5) is 4.12. The predicted octanol–water partition coefficient (Wildman–Crippen LogP) is 1.66. The maximum atomic E-state index is 5.81. The molecule has 0 bridgehead atoms. The smallest absolute Gasteiger partial charge is 0.126 e. The summed E-state index contributed by atoms with van der Waals surface area (Å²) < 4.78 is 1.63. The molecule has 2 aromatic heterocycles. The standard InChI is InChI=1S/C10H12ClN5/c1-16-10(12)7(5-15-16)4-13-9-3-2-8(11)6-14-9/h2-3,5-6H,4,12H2,1H3,(H,13,14). The molecule has 2 heterocycles. The number of anilines is 2. The van der Waals surface area contributed by atoms with E-state index in [0.29, 0.717) is 17.4 Å². The van der Waals surface area contributed by atoms with Crippen molar-refractivity contribution in [2.75, 3.05) is 11.1 Å². The van der Waals surface area contributed by atoms with Crippen molar-refractivity contribution in [1.29, 1.82) is 0 Å². The van der Waals surface area contributed by atoms with Crippen molar-refractivity contribution < 1.29 is 0 Å². The lowest BCUT2D eigenvalue weighted by atomic mass is 10.3. The highest BCUT2D eigenvalue weighted by Crippen LogP contribution is 2.13. The SMILES string of the molecule is Cn1ncc(CNc2ccc(Cl)cn2)c1N. The Morgan fingerprint density at radius 1 is 1.44 bits per heavy atom. The molecule has 0 unspecified atom stereocenters. The average Bonchev–Trinajstić information content (AvgIpc) is 2.60. The topological polar surface area (TPSA) is 68.8 Å². The van der Waals surface area contributed by atoms with E-state index in [1.807, 2.05) is 6.07 Å². The van der Waals surface area contributed by atoms with Gasteiger partial charge in [-0.15, -0.1) is 0 Å². The quantitative estimate of drug-likeness (QED) is 0.852. The van der Waals surface area contributed by atoms with Gasteiger partial charge in [-0.2, -0.15) is 5.10 Å². The van der Waals surface area contributed by atoms with Crippen LogP contribution < -0.4 is 11.1 Å². The van der Waals surface area contributed by atoms with E-state index in [0.717, 1.165) is 11.4 Å². The van der Waals surface area contributed by atoms with Crippen LogP contribution in [0.25, 0.3) is 0 Å². The molecule has 16 heavy (non-hydrogen) atoms. The molecule has 6 heteroatoms. The highest BCUT2D eigenvalue weighted by molar-refractivity contribution is 6.30. The second-order valence-corrected chi connectivity index (χ2v) is 3.83. The van der Waals surface area contributed by atoms with E-state index < -0.39 is 0 Å². The Morgan fingerprint density at radius 3 is 2.81 bits per heavy atom. The molecular weight excluding hydrogens is 226 g/mol. The molecule has 0 aliphatic carbocycles. The Balaban J connectivity index is 2.02. The van der Waals surface area contributed by atoms with Crippen LogP contribution in [0.4, 0.5) is 11.6 Å². The molecule has 0 aromatic carbocycles. The third-order valence-corrected chi connectivity index (χ3v) is 2.48. The number of aryl methyl sites for hydroxylation is 1. The van der Waals surface area contributed by atoms with E-state index in [9.17, 15) is 0 Å². The van der Waals surface area contributed by atoms with Crippen LogP contribution in [0.5, 0.6) is 0 Å². The second kappa shape index (κ2) is 4.40. The van der Waals surface area contributed by atoms with Gasteiger partial charge in [-0.05, 0) is 12.1 Å². The van der Waals surface area contributed by atoms with Gasteiger partial charge in [-0.1, -0.05) is 11.6 Å². The molecule has 0 amide bonds. The zero-order chi connectivity index (χ0) is 11.5. The zero-order valence-electron chi connectivity index (χ0n) is 8.81. The largest absolute Gasteiger partial charge is 0.384 e. The van der Waals surface area contributed by atoms with Crippen molar-refractivity contribution in [1.82, 2.24) is 14.8 Å². The lowest BCUT2D eigenvalue weighted by molar-refractivity contribution is 0.778. The highest BCUT2D eigenvalue weighted by atomic mass is 35.5. The van der Waals surface area contributed by atoms with E-state index in [1.165, 1.54) is 0 Å². The number of nitrogen functional groups attached to an aromatic ring is 1. The van der Waals surface area contributed by atoms with E-state index in [1.54, 1.807) is 30.2 Å². The molecular formula is C10H12ClN5. The number of aromatic nitrogens is 3. The van der Waals surface area contributed by atoms with Crippen molar-refractivity contribution in [3.8, 4) is 0 Å². The molecule has 0 atom stereocenters. The van der Waals surface area contributed by atoms with Gasteiger partial charge in [0.15, 0.2) is 0 Å². The molecule has 0 saturated carbocycles. The van der Waals surface area contributed by atoms with Crippen LogP contribution in [0.15, 0.2) is 24.5 Å². The first kappa shape index (κ1) is 10.8. The summed E-state index contributed by atoms with van der Waals surface area (Å²) in [5.74, 6) is 1.41. The lowest BCUT2D eigenvalue weighted by Gasteiger charge is -2.04. The first-order valence-corrected chi connectivity index (χ1v) is 5.16. The molecule has 0 saturated heterocycles. The number of nitrogens with two attached hydrogens (primary N) is 1. The minimum atomic E-state index is 0.592. The van der Waals surface area contributed by atoms with Crippen LogP contribution in [-0.2, 0) is 13.6 Å². The van der Waals surface area contributed by atoms with Gasteiger partial charge in [0.05, 0.1) is 11.2 Å². The van der Waals surface area contributed by atoms with Gasteiger partial charge in [0.25, 0.3) is 0 Å². The number of pyridine rings is 1. The van der Waals surface area contributed by atoms with Gasteiger partial charge in [-0.25, -0.2) is 4.98 Å². The number of rotatable bonds is 3. The van der Waals surface area contributed by atoms with Crippen molar-refractivity contribution >= 4 is 23.2 Å². The minimum absolute atomic E-state index is 0.592. The van der Waals surface area contributed by atoms with Gasteiger partial charge in [0.2, 0.25) is 0 Å². The number of nitrogens with zero attached hydrogens (tertiary/aromatic N) is 3. The summed E-state index contributed by atoms with van der Waals surface area (Å²) in [5.41, 5.74) is 6.75. The molecule has 0 radical (unpaired) electrons. The highest BCUT2D eigenvalue weighted by Gasteiger charge is 2.04. The Hall–Kier alpha value is -1.75. The molecule has 0 aliphatic heterocycles. The number of hydrogen-bond donors (Lipinski definition) is 2. The second-order valence-electron chi connectivity index (χ2n) is 3.39. The van der Waals surface area contributed by atoms with Crippen molar-refractivity contribution in [2.24, 2.45) is 7.05 Å². The first-order valence-electron chi connectivity index (χ1n) is 4.78. The normalized spacial score (nSPS) is 10.4. The Labute approximate surface area is 98.2 Å². The van der Waals surface area contributed by atoms with Crippen LogP contribution in [0, 0.1) is 0 Å². The summed E-state index contributed by atoms with van der Waals surface area (Å²) in [6.45, 7) is 0.592. The lowest BCUT2D eigenvalue weighted by Crippen LogP contribution is -2.04. The summed E-state index contributed by atoms with van der Waals surface area (Å²) in [6, 6.07) is 3.60. The van der Waals surface area contributed by atoms with Crippen molar-refractivity contribution in [2.45, 2.75) is 6.54 Å². The molecule has 2 aromatic rings. The number of nitrogens with one attached hydrogen (secondary N) is 1. The van der Waals surface area contributed by atoms with E-state index in [2.05, 4.69) is 15.4 Å². The molecule has 0 spiro atoms. The Morgan fingerprint density at radius 2 is 2.25 bits per heavy atom. The summed E-state index contributed by atoms with van der Waals surface area (Å²) in [7, 11) is 1.80. The van der Waals surface area contributed by atoms with Gasteiger partial charge >= 0.3 is 0 Å². The van der Waals surface area contributed by atoms with Crippen LogP contribution in [0.2, 0.25) is 5.02 Å². The van der Waals surface area contributed by atoms with E-state index in [-0.39, 0.29) is 0 Å². The van der Waals surface area contributed by atoms with Crippen LogP contribution in [-0.4, -0.2) is 14.8 Å². The third-order valence-electron chi connectivity index (χ3n) is 2.25. The third kappa shape index (κ3) is 2.25. The van der Waals surface area contributed by atoms with Crippen molar-refractivity contribution in [3.63, 3.8) is 0 Å². The summed E-state index contributed by atoms with van der Waals surface area (Å²) in [6.07, 6.45) is 3.33. The van der Waals surface area contributed by atoms with Gasteiger partial charge in [0, 0.05) is 25.4 Å². The molecule has 5 nitrogen and oxygen atoms in total. The zero-order valence-corrected chi connectivity index (χ0v) is 9.57. The monoisotopic (exact) mass is 237 g/mol. The van der Waals surface area contributed by atoms with Gasteiger partial charge in [-0.3, -0.25) is 4.68 Å². The van der Waals surface area contributed by atoms with Crippen molar-refractivity contribution in [3.05, 3.63) is 35.1 Å². The van der Waals surface area contributed by atoms with Gasteiger partial charge < -0.3 is 11.1 Å². The Kier molecular flexibility index (Phi) is 2.96. The molecule has 84 valence electrons. The molecule has 0 fully saturated rings. The fraction of sp³-hybridized carbons (Fsp3) is 0.200. The van der Waals surface area contributed by atoms with E-state index in [4.69, 9.17) is 17.3 Å². The number of halogens is 1. The van der Waals surface area contributed by atoms with Gasteiger partial charge in [0.1, 0.15) is 11.6 Å². The van der Waals surface area contributed by atoms with Crippen LogP contribution in [0.3, 0.4) is 0 Å². The fourth-order valence-corrected chi connectivity index (χ4v) is 1.41. The number of hydrogen-bond acceptors (Lipinski definition) is 4. The minimum Gasteiger partial charge on any atom is -0.384 e. The molecule has 0 aliphatic rings. The molecule has 2 rings (SSSR count). The average molecular weight is 238 g/mol. The van der Waals surface area contributed by atoms with Crippen LogP contribution in [0.1, 0.15) is 5.56 Å². The maximum Gasteiger partial charge on any atom is 0.126 e. The summed E-state index contributed by atoms with van der Waals surface area (Å²) in [5, 5.41) is 7.81. The summed E-state index contributed by atoms with van der Waals surface area (Å²) >= 11 is 5.73.